The molecule has 0 aromatic carbocycles. The zero-order chi connectivity index (χ0) is 15.1. The molecule has 0 fully saturated rings. The highest BCUT2D eigenvalue weighted by atomic mass is 32.2. The van der Waals surface area contributed by atoms with Crippen molar-refractivity contribution in [2.75, 3.05) is 0 Å². The van der Waals surface area contributed by atoms with E-state index in [0.717, 1.165) is 24.7 Å². The van der Waals surface area contributed by atoms with Gasteiger partial charge < -0.3 is 0 Å². The van der Waals surface area contributed by atoms with Gasteiger partial charge in [-0.1, -0.05) is 33.2 Å². The second-order valence-corrected chi connectivity index (χ2v) is 8.87. The van der Waals surface area contributed by atoms with Crippen molar-refractivity contribution in [2.24, 2.45) is 0 Å². The molecular weight excluding hydrogens is 308 g/mol. The minimum atomic E-state index is -3.43. The molecule has 0 saturated heterocycles. The van der Waals surface area contributed by atoms with Crippen molar-refractivity contribution in [3.05, 3.63) is 35.3 Å². The van der Waals surface area contributed by atoms with Gasteiger partial charge in [-0.2, -0.15) is 0 Å². The Kier molecular flexibility index (Phi) is 4.04. The predicted octanol–water partition coefficient (Wildman–Crippen LogP) is 0.987. The first kappa shape index (κ1) is 15.2. The van der Waals surface area contributed by atoms with E-state index in [-0.39, 0.29) is 5.75 Å². The summed E-state index contributed by atoms with van der Waals surface area (Å²) in [5.41, 5.74) is 1.51. The van der Waals surface area contributed by atoms with E-state index >= 15 is 0 Å². The standard InChI is InChI=1S/C15H16O2S3/c1-6-14-11(4)19-12(5)15(14)20(16,17)8-13-7-9(2)18-10(13)3/h7H,2-6,8H2,1H3. The van der Waals surface area contributed by atoms with Crippen LogP contribution in [0.5, 0.6) is 0 Å². The maximum atomic E-state index is 12.7. The molecule has 5 heteroatoms. The lowest BCUT2D eigenvalue weighted by atomic mass is 10.2. The van der Waals surface area contributed by atoms with Gasteiger partial charge in [-0.25, -0.2) is 8.42 Å². The molecule has 0 unspecified atom stereocenters. The van der Waals surface area contributed by atoms with Crippen LogP contribution < -0.4 is 18.1 Å². The van der Waals surface area contributed by atoms with Crippen molar-refractivity contribution in [2.45, 2.75) is 24.0 Å². The summed E-state index contributed by atoms with van der Waals surface area (Å²) in [6.45, 7) is 17.4. The number of hydrogen-bond donors (Lipinski definition) is 0. The van der Waals surface area contributed by atoms with Crippen LogP contribution in [0.25, 0.3) is 26.3 Å². The van der Waals surface area contributed by atoms with Gasteiger partial charge in [0.2, 0.25) is 0 Å². The van der Waals surface area contributed by atoms with Gasteiger partial charge in [-0.05, 0) is 23.6 Å². The van der Waals surface area contributed by atoms with Crippen LogP contribution in [-0.4, -0.2) is 8.42 Å². The highest BCUT2D eigenvalue weighted by molar-refractivity contribution is 7.90. The van der Waals surface area contributed by atoms with Crippen molar-refractivity contribution in [1.29, 1.82) is 0 Å². The average molecular weight is 324 g/mol. The quantitative estimate of drug-likeness (QED) is 0.840. The van der Waals surface area contributed by atoms with Crippen molar-refractivity contribution >= 4 is 58.8 Å². The monoisotopic (exact) mass is 324 g/mol. The third-order valence-electron chi connectivity index (χ3n) is 3.07. The van der Waals surface area contributed by atoms with Crippen LogP contribution in [-0.2, 0) is 22.0 Å². The second kappa shape index (κ2) is 5.31. The first-order chi connectivity index (χ1) is 9.26. The topological polar surface area (TPSA) is 34.1 Å². The van der Waals surface area contributed by atoms with Crippen molar-refractivity contribution in [3.8, 4) is 0 Å². The lowest BCUT2D eigenvalue weighted by Gasteiger charge is -2.04. The first-order valence-corrected chi connectivity index (χ1v) is 9.33. The summed E-state index contributed by atoms with van der Waals surface area (Å²) in [4.78, 5) is 0.353. The second-order valence-electron chi connectivity index (χ2n) is 4.53. The van der Waals surface area contributed by atoms with Crippen LogP contribution in [0.1, 0.15) is 18.1 Å². The first-order valence-electron chi connectivity index (χ1n) is 6.05. The van der Waals surface area contributed by atoms with Gasteiger partial charge in [0.15, 0.2) is 9.84 Å². The molecule has 2 rings (SSSR count). The van der Waals surface area contributed by atoms with Gasteiger partial charge in [0.05, 0.1) is 10.6 Å². The molecule has 0 amide bonds. The smallest absolute Gasteiger partial charge is 0.184 e. The molecule has 106 valence electrons. The molecule has 0 spiro atoms. The normalized spacial score (nSPS) is 11.8. The van der Waals surface area contributed by atoms with Gasteiger partial charge in [-0.3, -0.25) is 0 Å². The van der Waals surface area contributed by atoms with Gasteiger partial charge >= 0.3 is 0 Å². The fourth-order valence-electron chi connectivity index (χ4n) is 2.20. The Morgan fingerprint density at radius 3 is 2.20 bits per heavy atom. The molecule has 0 aliphatic heterocycles. The molecule has 2 aromatic heterocycles. The zero-order valence-corrected chi connectivity index (χ0v) is 13.8. The Bertz CT molecular complexity index is 946. The van der Waals surface area contributed by atoms with E-state index in [1.165, 1.54) is 22.7 Å². The molecular formula is C15H16O2S3. The van der Waals surface area contributed by atoms with E-state index in [1.54, 1.807) is 6.07 Å². The maximum Gasteiger partial charge on any atom is 0.184 e. The molecule has 0 bridgehead atoms. The van der Waals surface area contributed by atoms with Crippen LogP contribution in [0.15, 0.2) is 11.0 Å². The van der Waals surface area contributed by atoms with Crippen molar-refractivity contribution < 1.29 is 8.42 Å². The van der Waals surface area contributed by atoms with E-state index in [1.807, 2.05) is 6.92 Å². The molecule has 0 atom stereocenters. The SMILES string of the molecule is C=c1cc(CS(=O)(=O)c2c(CC)c(=C)sc2=C)c(=C)s1. The summed E-state index contributed by atoms with van der Waals surface area (Å²) in [6.07, 6.45) is 0.640. The number of sulfone groups is 1. The van der Waals surface area contributed by atoms with Crippen LogP contribution in [0, 0.1) is 0 Å². The van der Waals surface area contributed by atoms with Crippen LogP contribution in [0.4, 0.5) is 0 Å². The Morgan fingerprint density at radius 2 is 1.70 bits per heavy atom. The summed E-state index contributed by atoms with van der Waals surface area (Å²) in [6, 6.07) is 1.79. The number of rotatable bonds is 4. The summed E-state index contributed by atoms with van der Waals surface area (Å²) in [7, 11) is -3.43. The highest BCUT2D eigenvalue weighted by Gasteiger charge is 2.22. The molecule has 2 heterocycles. The third kappa shape index (κ3) is 2.66. The van der Waals surface area contributed by atoms with Crippen LogP contribution in [0.3, 0.4) is 0 Å². The van der Waals surface area contributed by atoms with E-state index in [0.29, 0.717) is 15.8 Å². The largest absolute Gasteiger partial charge is 0.223 e. The Labute approximate surface area is 126 Å². The molecule has 20 heavy (non-hydrogen) atoms. The van der Waals surface area contributed by atoms with E-state index in [2.05, 4.69) is 26.3 Å². The predicted molar refractivity (Wildman–Crippen MR) is 89.5 cm³/mol. The molecule has 0 saturated carbocycles. The maximum absolute atomic E-state index is 12.7. The fourth-order valence-corrected chi connectivity index (χ4v) is 6.32. The summed E-state index contributed by atoms with van der Waals surface area (Å²) >= 11 is 2.75. The Morgan fingerprint density at radius 1 is 1.05 bits per heavy atom. The molecule has 0 aliphatic carbocycles. The summed E-state index contributed by atoms with van der Waals surface area (Å²) < 4.78 is 28.3. The van der Waals surface area contributed by atoms with E-state index in [9.17, 15) is 8.42 Å². The molecule has 0 N–H and O–H groups in total. The van der Waals surface area contributed by atoms with Crippen molar-refractivity contribution in [1.82, 2.24) is 0 Å². The molecule has 0 aliphatic rings. The van der Waals surface area contributed by atoms with Gasteiger partial charge in [-0.15, -0.1) is 22.7 Å². The molecule has 2 nitrogen and oxygen atoms in total. The van der Waals surface area contributed by atoms with Crippen molar-refractivity contribution in [3.63, 3.8) is 0 Å². The Balaban J connectivity index is 2.60. The highest BCUT2D eigenvalue weighted by Crippen LogP contribution is 2.16. The van der Waals surface area contributed by atoms with E-state index in [4.69, 9.17) is 0 Å². The van der Waals surface area contributed by atoms with Gasteiger partial charge in [0.25, 0.3) is 0 Å². The van der Waals surface area contributed by atoms with Crippen LogP contribution in [0.2, 0.25) is 0 Å². The average Bonchev–Trinajstić information content (AvgIpc) is 2.78. The zero-order valence-electron chi connectivity index (χ0n) is 11.4. The third-order valence-corrected chi connectivity index (χ3v) is 6.84. The fraction of sp³-hybridized carbons (Fsp3) is 0.200. The summed E-state index contributed by atoms with van der Waals surface area (Å²) in [5.74, 6) is -0.0520. The Hall–Kier alpha value is -1.17. The number of hydrogen-bond acceptors (Lipinski definition) is 4. The van der Waals surface area contributed by atoms with E-state index < -0.39 is 9.84 Å². The molecule has 0 radical (unpaired) electrons. The molecule has 2 aromatic rings. The lowest BCUT2D eigenvalue weighted by Crippen LogP contribution is -2.16. The minimum absolute atomic E-state index is 0.0520. The van der Waals surface area contributed by atoms with Gasteiger partial charge in [0, 0.05) is 18.1 Å². The van der Waals surface area contributed by atoms with Gasteiger partial charge in [0.1, 0.15) is 0 Å². The minimum Gasteiger partial charge on any atom is -0.223 e. The summed E-state index contributed by atoms with van der Waals surface area (Å²) in [5, 5.41) is 0. The van der Waals surface area contributed by atoms with Crippen LogP contribution >= 0.6 is 22.7 Å². The lowest BCUT2D eigenvalue weighted by molar-refractivity contribution is 0.594. The number of thiophene rings is 2.